The molecule has 7 heteroatoms. The Morgan fingerprint density at radius 2 is 2.53 bits per heavy atom. The summed E-state index contributed by atoms with van der Waals surface area (Å²) in [4.78, 5) is 10.6. The van der Waals surface area contributed by atoms with Gasteiger partial charge < -0.3 is 9.84 Å². The molecule has 0 aliphatic carbocycles. The van der Waals surface area contributed by atoms with Crippen LogP contribution in [0.1, 0.15) is 25.1 Å². The van der Waals surface area contributed by atoms with Crippen molar-refractivity contribution in [1.82, 2.24) is 20.2 Å². The Balaban J connectivity index is 2.20. The van der Waals surface area contributed by atoms with E-state index in [0.29, 0.717) is 12.4 Å². The Morgan fingerprint density at radius 3 is 3.13 bits per heavy atom. The second kappa shape index (κ2) is 3.93. The van der Waals surface area contributed by atoms with Crippen LogP contribution in [0.25, 0.3) is 0 Å². The van der Waals surface area contributed by atoms with E-state index in [2.05, 4.69) is 15.5 Å². The second-order valence-electron chi connectivity index (χ2n) is 3.56. The zero-order valence-electron chi connectivity index (χ0n) is 8.33. The summed E-state index contributed by atoms with van der Waals surface area (Å²) in [5.74, 6) is -0.253. The van der Waals surface area contributed by atoms with Gasteiger partial charge in [-0.15, -0.1) is 5.10 Å². The van der Waals surface area contributed by atoms with E-state index in [4.69, 9.17) is 9.84 Å². The lowest BCUT2D eigenvalue weighted by Crippen LogP contribution is -2.19. The Kier molecular flexibility index (Phi) is 2.63. The highest BCUT2D eigenvalue weighted by molar-refractivity contribution is 5.66. The lowest BCUT2D eigenvalue weighted by atomic mass is 10.0. The van der Waals surface area contributed by atoms with Crippen molar-refractivity contribution >= 4 is 5.97 Å². The molecule has 1 N–H and O–H groups in total. The quantitative estimate of drug-likeness (QED) is 0.736. The SMILES string of the molecule is CC1OCCC1c1nnnn1CC(=O)O. The van der Waals surface area contributed by atoms with Crippen LogP contribution in [0.4, 0.5) is 0 Å². The average molecular weight is 212 g/mol. The van der Waals surface area contributed by atoms with Gasteiger partial charge >= 0.3 is 5.97 Å². The van der Waals surface area contributed by atoms with Crippen molar-refractivity contribution in [2.75, 3.05) is 6.61 Å². The molecule has 82 valence electrons. The standard InChI is InChI=1S/C8H12N4O3/c1-5-6(2-3-15-5)8-9-10-11-12(8)4-7(13)14/h5-6H,2-4H2,1H3,(H,13,14). The fourth-order valence-corrected chi connectivity index (χ4v) is 1.79. The molecule has 1 saturated heterocycles. The number of aromatic nitrogens is 4. The normalized spacial score (nSPS) is 25.7. The first-order chi connectivity index (χ1) is 7.18. The second-order valence-corrected chi connectivity index (χ2v) is 3.56. The van der Waals surface area contributed by atoms with Crippen molar-refractivity contribution in [2.24, 2.45) is 0 Å². The fourth-order valence-electron chi connectivity index (χ4n) is 1.79. The third-order valence-corrected chi connectivity index (χ3v) is 2.55. The molecule has 2 unspecified atom stereocenters. The van der Waals surface area contributed by atoms with E-state index < -0.39 is 5.97 Å². The number of carboxylic acids is 1. The summed E-state index contributed by atoms with van der Waals surface area (Å²) in [6.07, 6.45) is 0.879. The summed E-state index contributed by atoms with van der Waals surface area (Å²) >= 11 is 0. The molecular weight excluding hydrogens is 200 g/mol. The van der Waals surface area contributed by atoms with Crippen LogP contribution in [0.5, 0.6) is 0 Å². The van der Waals surface area contributed by atoms with Crippen molar-refractivity contribution in [3.05, 3.63) is 5.82 Å². The van der Waals surface area contributed by atoms with Gasteiger partial charge in [0.05, 0.1) is 6.10 Å². The van der Waals surface area contributed by atoms with Crippen molar-refractivity contribution in [3.8, 4) is 0 Å². The van der Waals surface area contributed by atoms with E-state index in [1.807, 2.05) is 6.92 Å². The number of rotatable bonds is 3. The van der Waals surface area contributed by atoms with Crippen molar-refractivity contribution in [1.29, 1.82) is 0 Å². The summed E-state index contributed by atoms with van der Waals surface area (Å²) in [6, 6.07) is 0. The topological polar surface area (TPSA) is 90.1 Å². The van der Waals surface area contributed by atoms with Gasteiger partial charge in [-0.1, -0.05) is 0 Å². The number of hydrogen-bond donors (Lipinski definition) is 1. The minimum atomic E-state index is -0.949. The fraction of sp³-hybridized carbons (Fsp3) is 0.750. The molecule has 0 radical (unpaired) electrons. The van der Waals surface area contributed by atoms with Gasteiger partial charge in [-0.2, -0.15) is 0 Å². The highest BCUT2D eigenvalue weighted by atomic mass is 16.5. The van der Waals surface area contributed by atoms with Crippen molar-refractivity contribution in [3.63, 3.8) is 0 Å². The molecule has 0 bridgehead atoms. The van der Waals surface area contributed by atoms with E-state index in [9.17, 15) is 4.79 Å². The third-order valence-electron chi connectivity index (χ3n) is 2.55. The molecule has 7 nitrogen and oxygen atoms in total. The molecule has 15 heavy (non-hydrogen) atoms. The van der Waals surface area contributed by atoms with E-state index in [-0.39, 0.29) is 18.6 Å². The molecule has 1 fully saturated rings. The highest BCUT2D eigenvalue weighted by Gasteiger charge is 2.30. The summed E-state index contributed by atoms with van der Waals surface area (Å²) in [5.41, 5.74) is 0. The maximum Gasteiger partial charge on any atom is 0.325 e. The van der Waals surface area contributed by atoms with Crippen molar-refractivity contribution in [2.45, 2.75) is 31.9 Å². The Labute approximate surface area is 86.0 Å². The zero-order chi connectivity index (χ0) is 10.8. The first kappa shape index (κ1) is 10.0. The van der Waals surface area contributed by atoms with Gasteiger partial charge in [0.1, 0.15) is 6.54 Å². The van der Waals surface area contributed by atoms with Crippen LogP contribution in [0.15, 0.2) is 0 Å². The number of carbonyl (C=O) groups is 1. The smallest absolute Gasteiger partial charge is 0.325 e. The van der Waals surface area contributed by atoms with E-state index in [0.717, 1.165) is 6.42 Å². The molecule has 0 spiro atoms. The van der Waals surface area contributed by atoms with Crippen LogP contribution in [-0.4, -0.2) is 44.0 Å². The maximum atomic E-state index is 10.6. The average Bonchev–Trinajstić information content (AvgIpc) is 2.73. The minimum absolute atomic E-state index is 0.0449. The largest absolute Gasteiger partial charge is 0.480 e. The van der Waals surface area contributed by atoms with Gasteiger partial charge in [-0.3, -0.25) is 4.79 Å². The number of ether oxygens (including phenoxy) is 1. The monoisotopic (exact) mass is 212 g/mol. The maximum absolute atomic E-state index is 10.6. The Morgan fingerprint density at radius 1 is 1.73 bits per heavy atom. The predicted octanol–water partition coefficient (Wildman–Crippen LogP) is -0.350. The Bertz CT molecular complexity index is 365. The van der Waals surface area contributed by atoms with E-state index in [1.165, 1.54) is 4.68 Å². The first-order valence-electron chi connectivity index (χ1n) is 4.78. The molecule has 2 atom stereocenters. The summed E-state index contributed by atoms with van der Waals surface area (Å²) in [7, 11) is 0. The minimum Gasteiger partial charge on any atom is -0.480 e. The lowest BCUT2D eigenvalue weighted by molar-refractivity contribution is -0.138. The molecule has 0 amide bonds. The number of aliphatic carboxylic acids is 1. The van der Waals surface area contributed by atoms with Crippen LogP contribution in [0, 0.1) is 0 Å². The van der Waals surface area contributed by atoms with Gasteiger partial charge in [0.25, 0.3) is 0 Å². The van der Waals surface area contributed by atoms with Gasteiger partial charge in [0, 0.05) is 12.5 Å². The van der Waals surface area contributed by atoms with Crippen LogP contribution in [0.3, 0.4) is 0 Å². The lowest BCUT2D eigenvalue weighted by Gasteiger charge is -2.12. The van der Waals surface area contributed by atoms with Crippen LogP contribution in [-0.2, 0) is 16.1 Å². The molecule has 0 aromatic carbocycles. The number of hydrogen-bond acceptors (Lipinski definition) is 5. The molecular formula is C8H12N4O3. The molecule has 1 aromatic rings. The molecule has 1 aliphatic rings. The van der Waals surface area contributed by atoms with E-state index in [1.54, 1.807) is 0 Å². The molecule has 2 heterocycles. The third kappa shape index (κ3) is 1.96. The van der Waals surface area contributed by atoms with Crippen LogP contribution < -0.4 is 0 Å². The van der Waals surface area contributed by atoms with Crippen LogP contribution >= 0.6 is 0 Å². The van der Waals surface area contributed by atoms with Crippen molar-refractivity contribution < 1.29 is 14.6 Å². The molecule has 0 saturated carbocycles. The number of tetrazole rings is 1. The molecule has 1 aromatic heterocycles. The predicted molar refractivity (Wildman–Crippen MR) is 48.2 cm³/mol. The first-order valence-corrected chi connectivity index (χ1v) is 4.78. The van der Waals surface area contributed by atoms with E-state index >= 15 is 0 Å². The Hall–Kier alpha value is -1.50. The van der Waals surface area contributed by atoms with Gasteiger partial charge in [-0.25, -0.2) is 4.68 Å². The zero-order valence-corrected chi connectivity index (χ0v) is 8.33. The van der Waals surface area contributed by atoms with Gasteiger partial charge in [0.2, 0.25) is 0 Å². The number of carboxylic acid groups (broad SMARTS) is 1. The van der Waals surface area contributed by atoms with Crippen LogP contribution in [0.2, 0.25) is 0 Å². The summed E-state index contributed by atoms with van der Waals surface area (Å²) in [5, 5.41) is 19.7. The highest BCUT2D eigenvalue weighted by Crippen LogP contribution is 2.28. The summed E-state index contributed by atoms with van der Waals surface area (Å²) in [6.45, 7) is 2.41. The molecule has 1 aliphatic heterocycles. The molecule has 2 rings (SSSR count). The van der Waals surface area contributed by atoms with Gasteiger partial charge in [0.15, 0.2) is 5.82 Å². The number of nitrogens with zero attached hydrogens (tertiary/aromatic N) is 4. The van der Waals surface area contributed by atoms with Gasteiger partial charge in [-0.05, 0) is 23.8 Å². The summed E-state index contributed by atoms with van der Waals surface area (Å²) < 4.78 is 6.71.